The van der Waals surface area contributed by atoms with E-state index in [0.29, 0.717) is 5.92 Å². The molecule has 0 heterocycles. The molecule has 0 amide bonds. The van der Waals surface area contributed by atoms with Gasteiger partial charge in [0.25, 0.3) is 0 Å². The largest absolute Gasteiger partial charge is 0.313 e. The van der Waals surface area contributed by atoms with Gasteiger partial charge in [-0.25, -0.2) is 5.11 Å². The van der Waals surface area contributed by atoms with Gasteiger partial charge in [0.2, 0.25) is 0 Å². The summed E-state index contributed by atoms with van der Waals surface area (Å²) in [5.41, 5.74) is 0. The second-order valence-electron chi connectivity index (χ2n) is 2.22. The van der Waals surface area contributed by atoms with Gasteiger partial charge in [0.05, 0.1) is 6.61 Å². The maximum atomic E-state index is 10.3. The Kier molecular flexibility index (Phi) is 5.52. The number of hydrogen-bond acceptors (Lipinski definition) is 1. The van der Waals surface area contributed by atoms with Crippen LogP contribution in [0.3, 0.4) is 0 Å². The summed E-state index contributed by atoms with van der Waals surface area (Å²) in [5, 5.41) is 17.0. The zero-order valence-electron chi connectivity index (χ0n) is 5.89. The van der Waals surface area contributed by atoms with Crippen LogP contribution >= 0.6 is 0 Å². The first-order chi connectivity index (χ1) is 4.35. The third-order valence-corrected chi connectivity index (χ3v) is 1.53. The van der Waals surface area contributed by atoms with E-state index in [1.165, 1.54) is 6.21 Å². The molecule has 0 fully saturated rings. The third kappa shape index (κ3) is 4.15. The molecule has 0 aliphatic rings. The first-order valence-electron chi connectivity index (χ1n) is 3.42. The van der Waals surface area contributed by atoms with E-state index >= 15 is 0 Å². The van der Waals surface area contributed by atoms with Gasteiger partial charge in [0.1, 0.15) is 0 Å². The van der Waals surface area contributed by atoms with Crippen molar-refractivity contribution in [2.45, 2.75) is 26.2 Å². The predicted octanol–water partition coefficient (Wildman–Crippen LogP) is 1.87. The smallest absolute Gasteiger partial charge is 0.0850 e. The Labute approximate surface area is 56.4 Å². The van der Waals surface area contributed by atoms with E-state index in [2.05, 4.69) is 0 Å². The van der Waals surface area contributed by atoms with Crippen LogP contribution in [0, 0.1) is 11.3 Å². The van der Waals surface area contributed by atoms with Crippen LogP contribution in [0.2, 0.25) is 0 Å². The minimum Gasteiger partial charge on any atom is -0.313 e. The summed E-state index contributed by atoms with van der Waals surface area (Å²) in [6, 6.07) is 0. The lowest BCUT2D eigenvalue weighted by Gasteiger charge is -2.06. The quantitative estimate of drug-likeness (QED) is 0.549. The van der Waals surface area contributed by atoms with Gasteiger partial charge in [-0.15, -0.1) is 0 Å². The molecule has 1 unspecified atom stereocenters. The van der Waals surface area contributed by atoms with Crippen LogP contribution < -0.4 is 0 Å². The van der Waals surface area contributed by atoms with Gasteiger partial charge in [-0.3, -0.25) is 0 Å². The van der Waals surface area contributed by atoms with Crippen LogP contribution in [0.5, 0.6) is 0 Å². The molecule has 0 saturated carbocycles. The minimum atomic E-state index is 0.0182. The average Bonchev–Trinajstić information content (AvgIpc) is 1.91. The first-order valence-corrected chi connectivity index (χ1v) is 3.42. The summed E-state index contributed by atoms with van der Waals surface area (Å²) in [6.07, 6.45) is 3.99. The van der Waals surface area contributed by atoms with E-state index in [1.807, 2.05) is 6.92 Å². The Hall–Kier alpha value is -0.370. The van der Waals surface area contributed by atoms with E-state index in [1.54, 1.807) is 0 Å². The van der Waals surface area contributed by atoms with Gasteiger partial charge in [0.15, 0.2) is 0 Å². The molecule has 0 aromatic carbocycles. The van der Waals surface area contributed by atoms with Crippen molar-refractivity contribution in [2.75, 3.05) is 6.61 Å². The highest BCUT2D eigenvalue weighted by molar-refractivity contribution is 5.52. The van der Waals surface area contributed by atoms with Gasteiger partial charge in [0, 0.05) is 0 Å². The fourth-order valence-corrected chi connectivity index (χ4v) is 0.724. The molecule has 0 aromatic heterocycles. The molecule has 0 rings (SSSR count). The van der Waals surface area contributed by atoms with Crippen molar-refractivity contribution < 1.29 is 5.11 Å². The number of hydrogen-bond donors (Lipinski definition) is 1. The van der Waals surface area contributed by atoms with Crippen LogP contribution in [0.25, 0.3) is 0 Å². The lowest BCUT2D eigenvalue weighted by atomic mass is 10.0. The number of rotatable bonds is 5. The molecule has 1 atom stereocenters. The zero-order valence-corrected chi connectivity index (χ0v) is 5.89. The molecule has 0 saturated heterocycles. The van der Waals surface area contributed by atoms with Crippen LogP contribution in [0.1, 0.15) is 26.2 Å². The van der Waals surface area contributed by atoms with Crippen molar-refractivity contribution in [3.8, 4) is 0 Å². The van der Waals surface area contributed by atoms with E-state index in [4.69, 9.17) is 5.41 Å². The predicted molar refractivity (Wildman–Crippen MR) is 37.4 cm³/mol. The monoisotopic (exact) mass is 128 g/mol. The van der Waals surface area contributed by atoms with Crippen LogP contribution in [0.15, 0.2) is 0 Å². The summed E-state index contributed by atoms with van der Waals surface area (Å²) in [6.45, 7) is 2.04. The van der Waals surface area contributed by atoms with Crippen molar-refractivity contribution >= 4 is 6.21 Å². The van der Waals surface area contributed by atoms with E-state index in [-0.39, 0.29) is 6.61 Å². The second kappa shape index (κ2) is 5.76. The fraction of sp³-hybridized carbons (Fsp3) is 0.857. The molecule has 0 aliphatic heterocycles. The van der Waals surface area contributed by atoms with E-state index < -0.39 is 0 Å². The Morgan fingerprint density at radius 3 is 2.67 bits per heavy atom. The van der Waals surface area contributed by atoms with Crippen molar-refractivity contribution in [2.24, 2.45) is 5.92 Å². The third-order valence-electron chi connectivity index (χ3n) is 1.53. The van der Waals surface area contributed by atoms with Crippen LogP contribution in [-0.2, 0) is 5.11 Å². The standard InChI is InChI=1S/C7H14NO/c1-2-7(6-9)4-3-5-8/h5,7-8H,2-4,6H2,1H3. The molecule has 0 bridgehead atoms. The first kappa shape index (κ1) is 8.63. The highest BCUT2D eigenvalue weighted by Crippen LogP contribution is 2.07. The van der Waals surface area contributed by atoms with Gasteiger partial charge in [-0.05, 0) is 25.0 Å². The summed E-state index contributed by atoms with van der Waals surface area (Å²) in [7, 11) is 0. The maximum Gasteiger partial charge on any atom is 0.0850 e. The van der Waals surface area contributed by atoms with Crippen molar-refractivity contribution in [1.29, 1.82) is 5.41 Å². The van der Waals surface area contributed by atoms with E-state index in [0.717, 1.165) is 19.3 Å². The summed E-state index contributed by atoms with van der Waals surface area (Å²) >= 11 is 0. The SMILES string of the molecule is CCC(C[O])CCC=N. The Morgan fingerprint density at radius 2 is 2.33 bits per heavy atom. The van der Waals surface area contributed by atoms with Crippen molar-refractivity contribution in [1.82, 2.24) is 0 Å². The minimum absolute atomic E-state index is 0.0182. The Bertz CT molecular complexity index is 69.3. The zero-order chi connectivity index (χ0) is 7.11. The van der Waals surface area contributed by atoms with Gasteiger partial charge in [-0.1, -0.05) is 13.3 Å². The average molecular weight is 128 g/mol. The highest BCUT2D eigenvalue weighted by atomic mass is 16.3. The normalized spacial score (nSPS) is 13.1. The summed E-state index contributed by atoms with van der Waals surface area (Å²) in [4.78, 5) is 0. The van der Waals surface area contributed by atoms with Gasteiger partial charge < -0.3 is 5.41 Å². The molecule has 0 spiro atoms. The fourth-order valence-electron chi connectivity index (χ4n) is 0.724. The van der Waals surface area contributed by atoms with Gasteiger partial charge >= 0.3 is 0 Å². The molecule has 2 nitrogen and oxygen atoms in total. The topological polar surface area (TPSA) is 43.8 Å². The molecule has 1 N–H and O–H groups in total. The molecule has 0 aliphatic carbocycles. The number of nitrogens with one attached hydrogen (secondary N) is 1. The van der Waals surface area contributed by atoms with E-state index in [9.17, 15) is 5.11 Å². The summed E-state index contributed by atoms with van der Waals surface area (Å²) < 4.78 is 0. The van der Waals surface area contributed by atoms with Crippen LogP contribution in [0.4, 0.5) is 0 Å². The lowest BCUT2D eigenvalue weighted by Crippen LogP contribution is -2.02. The van der Waals surface area contributed by atoms with Gasteiger partial charge in [-0.2, -0.15) is 0 Å². The summed E-state index contributed by atoms with van der Waals surface area (Å²) in [5.74, 6) is 0.298. The Morgan fingerprint density at radius 1 is 1.67 bits per heavy atom. The molecule has 2 heteroatoms. The highest BCUT2D eigenvalue weighted by Gasteiger charge is 2.02. The molecule has 9 heavy (non-hydrogen) atoms. The molecule has 1 radical (unpaired) electrons. The van der Waals surface area contributed by atoms with Crippen molar-refractivity contribution in [3.63, 3.8) is 0 Å². The maximum absolute atomic E-state index is 10.3. The lowest BCUT2D eigenvalue weighted by molar-refractivity contribution is 0.137. The molecular weight excluding hydrogens is 114 g/mol. The molecule has 0 aromatic rings. The van der Waals surface area contributed by atoms with Crippen molar-refractivity contribution in [3.05, 3.63) is 0 Å². The molecule has 53 valence electrons. The van der Waals surface area contributed by atoms with Crippen LogP contribution in [-0.4, -0.2) is 12.8 Å². The Balaban J connectivity index is 3.19. The second-order valence-corrected chi connectivity index (χ2v) is 2.22. The molecular formula is C7H14NO.